The summed E-state index contributed by atoms with van der Waals surface area (Å²) in [6.07, 6.45) is 0. The number of hydrogen-bond donors (Lipinski definition) is 0. The molecule has 1 heterocycles. The molecule has 4 atom stereocenters. The first-order valence-electron chi connectivity index (χ1n) is 10.2. The van der Waals surface area contributed by atoms with Crippen molar-refractivity contribution in [3.8, 4) is 0 Å². The van der Waals surface area contributed by atoms with Crippen LogP contribution < -0.4 is 4.90 Å². The van der Waals surface area contributed by atoms with Crippen LogP contribution in [0.3, 0.4) is 0 Å². The van der Waals surface area contributed by atoms with E-state index in [9.17, 15) is 9.59 Å². The van der Waals surface area contributed by atoms with E-state index in [1.165, 1.54) is 32.7 Å². The van der Waals surface area contributed by atoms with Gasteiger partial charge in [-0.05, 0) is 48.2 Å². The standard InChI is InChI=1S/C26H21NO2/c1-14-7-10-16(11-8-14)27-25(28)23-21-17-5-3-4-6-18(17)22(24(23)26(27)29)20-13-15(2)9-12-19(20)21/h3-13,21-24H,1-2H3/t21-,22-,23+,24+/m1/s1. The second kappa shape index (κ2) is 5.66. The Labute approximate surface area is 170 Å². The number of amides is 2. The van der Waals surface area contributed by atoms with Gasteiger partial charge in [0.15, 0.2) is 0 Å². The van der Waals surface area contributed by atoms with Crippen LogP contribution in [0.1, 0.15) is 45.2 Å². The first kappa shape index (κ1) is 16.7. The molecule has 0 unspecified atom stereocenters. The lowest BCUT2D eigenvalue weighted by atomic mass is 9.55. The van der Waals surface area contributed by atoms with Gasteiger partial charge in [-0.2, -0.15) is 0 Å². The van der Waals surface area contributed by atoms with Crippen LogP contribution in [0.4, 0.5) is 5.69 Å². The third-order valence-corrected chi connectivity index (χ3v) is 6.99. The summed E-state index contributed by atoms with van der Waals surface area (Å²) in [7, 11) is 0. The SMILES string of the molecule is Cc1ccc(N2C(=O)[C@H]3[C@@H]4c5ccccc5[C@H](c5cc(C)ccc54)[C@@H]3C2=O)cc1. The molecule has 0 radical (unpaired) electrons. The van der Waals surface area contributed by atoms with Crippen LogP contribution in [0.15, 0.2) is 66.7 Å². The molecule has 1 saturated heterocycles. The normalized spacial score (nSPS) is 26.3. The van der Waals surface area contributed by atoms with Crippen molar-refractivity contribution in [2.45, 2.75) is 25.7 Å². The van der Waals surface area contributed by atoms with E-state index in [0.717, 1.165) is 5.56 Å². The lowest BCUT2D eigenvalue weighted by Gasteiger charge is -2.46. The predicted molar refractivity (Wildman–Crippen MR) is 112 cm³/mol. The fourth-order valence-corrected chi connectivity index (χ4v) is 5.80. The van der Waals surface area contributed by atoms with Crippen molar-refractivity contribution >= 4 is 17.5 Å². The third kappa shape index (κ3) is 2.08. The van der Waals surface area contributed by atoms with Gasteiger partial charge in [0.25, 0.3) is 0 Å². The van der Waals surface area contributed by atoms with E-state index in [-0.39, 0.29) is 35.5 Å². The molecule has 0 saturated carbocycles. The average molecular weight is 379 g/mol. The summed E-state index contributed by atoms with van der Waals surface area (Å²) in [5, 5.41) is 0. The van der Waals surface area contributed by atoms with Gasteiger partial charge in [-0.25, -0.2) is 4.90 Å². The molecule has 29 heavy (non-hydrogen) atoms. The van der Waals surface area contributed by atoms with Gasteiger partial charge in [-0.3, -0.25) is 9.59 Å². The zero-order valence-corrected chi connectivity index (χ0v) is 16.4. The van der Waals surface area contributed by atoms with Gasteiger partial charge in [0.05, 0.1) is 17.5 Å². The van der Waals surface area contributed by atoms with E-state index in [1.807, 2.05) is 43.3 Å². The van der Waals surface area contributed by atoms with Crippen LogP contribution in [0.5, 0.6) is 0 Å². The predicted octanol–water partition coefficient (Wildman–Crippen LogP) is 4.70. The lowest BCUT2D eigenvalue weighted by Crippen LogP contribution is -2.41. The number of carbonyl (C=O) groups excluding carboxylic acids is 2. The first-order valence-corrected chi connectivity index (χ1v) is 10.2. The second-order valence-corrected chi connectivity index (χ2v) is 8.62. The number of benzene rings is 3. The molecule has 0 aromatic heterocycles. The third-order valence-electron chi connectivity index (χ3n) is 6.99. The summed E-state index contributed by atoms with van der Waals surface area (Å²) >= 11 is 0. The average Bonchev–Trinajstić information content (AvgIpc) is 2.99. The number of hydrogen-bond acceptors (Lipinski definition) is 2. The Balaban J connectivity index is 1.57. The van der Waals surface area contributed by atoms with Crippen LogP contribution in [0.25, 0.3) is 0 Å². The zero-order valence-electron chi connectivity index (χ0n) is 16.4. The summed E-state index contributed by atoms with van der Waals surface area (Å²) in [5.41, 5.74) is 7.85. The molecule has 3 nitrogen and oxygen atoms in total. The van der Waals surface area contributed by atoms with Crippen molar-refractivity contribution < 1.29 is 9.59 Å². The molecular formula is C26H21NO2. The highest BCUT2D eigenvalue weighted by molar-refractivity contribution is 6.23. The Bertz CT molecular complexity index is 1190. The number of carbonyl (C=O) groups is 2. The molecule has 3 aromatic carbocycles. The highest BCUT2D eigenvalue weighted by Crippen LogP contribution is 2.61. The fourth-order valence-electron chi connectivity index (χ4n) is 5.80. The van der Waals surface area contributed by atoms with Crippen LogP contribution in [-0.2, 0) is 9.59 Å². The van der Waals surface area contributed by atoms with Crippen LogP contribution in [0, 0.1) is 25.7 Å². The van der Waals surface area contributed by atoms with Gasteiger partial charge in [-0.1, -0.05) is 65.7 Å². The topological polar surface area (TPSA) is 37.4 Å². The van der Waals surface area contributed by atoms with E-state index >= 15 is 0 Å². The Morgan fingerprint density at radius 2 is 1.14 bits per heavy atom. The molecule has 0 spiro atoms. The maximum absolute atomic E-state index is 13.6. The van der Waals surface area contributed by atoms with Crippen LogP contribution in [-0.4, -0.2) is 11.8 Å². The molecule has 0 N–H and O–H groups in total. The Hall–Kier alpha value is -3.20. The first-order chi connectivity index (χ1) is 14.1. The van der Waals surface area contributed by atoms with E-state index in [2.05, 4.69) is 37.3 Å². The highest BCUT2D eigenvalue weighted by atomic mass is 16.2. The summed E-state index contributed by atoms with van der Waals surface area (Å²) < 4.78 is 0. The number of rotatable bonds is 1. The second-order valence-electron chi connectivity index (χ2n) is 8.62. The number of anilines is 1. The highest BCUT2D eigenvalue weighted by Gasteiger charge is 2.61. The molecule has 4 aliphatic rings. The van der Waals surface area contributed by atoms with Crippen molar-refractivity contribution in [2.75, 3.05) is 4.90 Å². The maximum Gasteiger partial charge on any atom is 0.238 e. The van der Waals surface area contributed by atoms with Gasteiger partial charge >= 0.3 is 0 Å². The van der Waals surface area contributed by atoms with Gasteiger partial charge < -0.3 is 0 Å². The molecular weight excluding hydrogens is 358 g/mol. The smallest absolute Gasteiger partial charge is 0.238 e. The molecule has 1 aliphatic heterocycles. The molecule has 2 amide bonds. The van der Waals surface area contributed by atoms with Crippen LogP contribution in [0.2, 0.25) is 0 Å². The van der Waals surface area contributed by atoms with Gasteiger partial charge in [0.2, 0.25) is 11.8 Å². The van der Waals surface area contributed by atoms with E-state index in [4.69, 9.17) is 0 Å². The molecule has 1 fully saturated rings. The number of imide groups is 1. The summed E-state index contributed by atoms with van der Waals surface area (Å²) in [4.78, 5) is 28.7. The van der Waals surface area contributed by atoms with Crippen molar-refractivity contribution in [1.82, 2.24) is 0 Å². The van der Waals surface area contributed by atoms with Crippen LogP contribution >= 0.6 is 0 Å². The van der Waals surface area contributed by atoms with Crippen molar-refractivity contribution in [3.05, 3.63) is 100 Å². The van der Waals surface area contributed by atoms with E-state index in [1.54, 1.807) is 0 Å². The largest absolute Gasteiger partial charge is 0.274 e. The fraction of sp³-hybridized carbons (Fsp3) is 0.231. The zero-order chi connectivity index (χ0) is 19.9. The minimum Gasteiger partial charge on any atom is -0.274 e. The molecule has 7 rings (SSSR count). The van der Waals surface area contributed by atoms with E-state index in [0.29, 0.717) is 5.69 Å². The summed E-state index contributed by atoms with van der Waals surface area (Å²) in [5.74, 6) is -0.858. The van der Waals surface area contributed by atoms with Gasteiger partial charge in [-0.15, -0.1) is 0 Å². The minimum atomic E-state index is -0.321. The molecule has 3 heteroatoms. The minimum absolute atomic E-state index is 0.0521. The Morgan fingerprint density at radius 1 is 0.621 bits per heavy atom. The van der Waals surface area contributed by atoms with Crippen molar-refractivity contribution in [3.63, 3.8) is 0 Å². The molecule has 142 valence electrons. The quantitative estimate of drug-likeness (QED) is 0.575. The number of aryl methyl sites for hydroxylation is 2. The number of nitrogens with zero attached hydrogens (tertiary/aromatic N) is 1. The lowest BCUT2D eigenvalue weighted by molar-refractivity contribution is -0.122. The molecule has 3 aliphatic carbocycles. The maximum atomic E-state index is 13.6. The molecule has 3 aromatic rings. The van der Waals surface area contributed by atoms with Crippen molar-refractivity contribution in [2.24, 2.45) is 11.8 Å². The van der Waals surface area contributed by atoms with Gasteiger partial charge in [0.1, 0.15) is 0 Å². The Morgan fingerprint density at radius 3 is 1.76 bits per heavy atom. The van der Waals surface area contributed by atoms with E-state index < -0.39 is 0 Å². The Kier molecular flexibility index (Phi) is 3.27. The summed E-state index contributed by atoms with van der Waals surface area (Å²) in [6.45, 7) is 4.10. The summed E-state index contributed by atoms with van der Waals surface area (Å²) in [6, 6.07) is 22.5. The van der Waals surface area contributed by atoms with Crippen molar-refractivity contribution in [1.29, 1.82) is 0 Å². The van der Waals surface area contributed by atoms with Gasteiger partial charge in [0, 0.05) is 11.8 Å². The monoisotopic (exact) mass is 379 g/mol. The molecule has 2 bridgehead atoms.